The Bertz CT molecular complexity index is 519. The molecule has 2 aliphatic rings. The average Bonchev–Trinajstić information content (AvgIpc) is 2.94. The lowest BCUT2D eigenvalue weighted by molar-refractivity contribution is -0.117. The van der Waals surface area contributed by atoms with E-state index in [4.69, 9.17) is 0 Å². The van der Waals surface area contributed by atoms with Crippen molar-refractivity contribution in [3.63, 3.8) is 0 Å². The summed E-state index contributed by atoms with van der Waals surface area (Å²) >= 11 is 0. The Morgan fingerprint density at radius 1 is 1.26 bits per heavy atom. The molecular formula is C15H18N2O2. The van der Waals surface area contributed by atoms with Gasteiger partial charge in [-0.3, -0.25) is 9.59 Å². The molecule has 0 saturated carbocycles. The molecule has 1 heterocycles. The molecule has 1 fully saturated rings. The summed E-state index contributed by atoms with van der Waals surface area (Å²) in [5.41, 5.74) is 2.62. The van der Waals surface area contributed by atoms with Crippen molar-refractivity contribution in [2.45, 2.75) is 38.1 Å². The monoisotopic (exact) mass is 258 g/mol. The molecule has 0 bridgehead atoms. The van der Waals surface area contributed by atoms with Gasteiger partial charge in [-0.05, 0) is 49.9 Å². The zero-order chi connectivity index (χ0) is 13.2. The highest BCUT2D eigenvalue weighted by Crippen LogP contribution is 2.24. The summed E-state index contributed by atoms with van der Waals surface area (Å²) in [5, 5.41) is 6.07. The van der Waals surface area contributed by atoms with Crippen LogP contribution in [0.2, 0.25) is 0 Å². The van der Waals surface area contributed by atoms with Crippen molar-refractivity contribution in [1.29, 1.82) is 0 Å². The molecule has 100 valence electrons. The number of aryl methyl sites for hydroxylation is 1. The molecule has 3 rings (SSSR count). The van der Waals surface area contributed by atoms with Gasteiger partial charge in [-0.15, -0.1) is 0 Å². The van der Waals surface area contributed by atoms with Crippen molar-refractivity contribution in [2.24, 2.45) is 0 Å². The predicted octanol–water partition coefficient (Wildman–Crippen LogP) is 1.90. The zero-order valence-electron chi connectivity index (χ0n) is 10.9. The van der Waals surface area contributed by atoms with Crippen LogP contribution in [0.5, 0.6) is 0 Å². The van der Waals surface area contributed by atoms with Gasteiger partial charge in [0.15, 0.2) is 5.78 Å². The fraction of sp³-hybridized carbons (Fsp3) is 0.467. The number of anilines is 1. The number of hydrogen-bond acceptors (Lipinski definition) is 3. The minimum Gasteiger partial charge on any atom is -0.325 e. The second-order valence-electron chi connectivity index (χ2n) is 5.29. The summed E-state index contributed by atoms with van der Waals surface area (Å²) in [4.78, 5) is 23.9. The Hall–Kier alpha value is -1.68. The molecule has 1 saturated heterocycles. The molecule has 0 aromatic heterocycles. The second-order valence-corrected chi connectivity index (χ2v) is 5.29. The van der Waals surface area contributed by atoms with E-state index in [0.29, 0.717) is 6.42 Å². The second kappa shape index (κ2) is 5.13. The van der Waals surface area contributed by atoms with E-state index in [-0.39, 0.29) is 17.7 Å². The summed E-state index contributed by atoms with van der Waals surface area (Å²) < 4.78 is 0. The van der Waals surface area contributed by atoms with Crippen molar-refractivity contribution in [3.8, 4) is 0 Å². The summed E-state index contributed by atoms with van der Waals surface area (Å²) in [7, 11) is 0. The number of carbonyl (C=O) groups is 2. The third-order valence-electron chi connectivity index (χ3n) is 3.90. The highest BCUT2D eigenvalue weighted by molar-refractivity contribution is 6.01. The molecule has 0 spiro atoms. The molecule has 1 aromatic rings. The number of carbonyl (C=O) groups excluding carboxylic acids is 2. The Balaban J connectivity index is 1.76. The summed E-state index contributed by atoms with van der Waals surface area (Å²) in [5.74, 6) is 0.192. The quantitative estimate of drug-likeness (QED) is 0.851. The fourth-order valence-electron chi connectivity index (χ4n) is 2.84. The number of Topliss-reactive ketones (excluding diaryl/α,β-unsaturated/α-hetero) is 1. The molecule has 1 aromatic carbocycles. The molecule has 1 aliphatic carbocycles. The number of hydrogen-bond donors (Lipinski definition) is 2. The highest BCUT2D eigenvalue weighted by atomic mass is 16.2. The van der Waals surface area contributed by atoms with Gasteiger partial charge in [-0.2, -0.15) is 0 Å². The van der Waals surface area contributed by atoms with Crippen LogP contribution in [0.1, 0.15) is 41.6 Å². The first-order valence-corrected chi connectivity index (χ1v) is 6.94. The van der Waals surface area contributed by atoms with Gasteiger partial charge in [0.1, 0.15) is 0 Å². The maximum absolute atomic E-state index is 12.0. The molecule has 19 heavy (non-hydrogen) atoms. The SMILES string of the molecule is O=C1CCCc2ccc(NC(=O)C3CCCN3)cc21. The smallest absolute Gasteiger partial charge is 0.241 e. The first-order chi connectivity index (χ1) is 9.24. The lowest BCUT2D eigenvalue weighted by Gasteiger charge is -2.17. The van der Waals surface area contributed by atoms with Crippen LogP contribution in [0.15, 0.2) is 18.2 Å². The van der Waals surface area contributed by atoms with Crippen LogP contribution in [0.3, 0.4) is 0 Å². The van der Waals surface area contributed by atoms with E-state index < -0.39 is 0 Å². The topological polar surface area (TPSA) is 58.2 Å². The van der Waals surface area contributed by atoms with E-state index in [9.17, 15) is 9.59 Å². The van der Waals surface area contributed by atoms with Crippen LogP contribution in [0.4, 0.5) is 5.69 Å². The molecular weight excluding hydrogens is 240 g/mol. The van der Waals surface area contributed by atoms with Crippen LogP contribution < -0.4 is 10.6 Å². The maximum atomic E-state index is 12.0. The van der Waals surface area contributed by atoms with E-state index in [1.807, 2.05) is 18.2 Å². The normalized spacial score (nSPS) is 22.1. The number of amides is 1. The van der Waals surface area contributed by atoms with Crippen molar-refractivity contribution in [2.75, 3.05) is 11.9 Å². The molecule has 1 aliphatic heterocycles. The molecule has 1 atom stereocenters. The minimum atomic E-state index is -0.0910. The van der Waals surface area contributed by atoms with E-state index in [1.165, 1.54) is 0 Å². The average molecular weight is 258 g/mol. The van der Waals surface area contributed by atoms with Crippen LogP contribution in [-0.2, 0) is 11.2 Å². The molecule has 2 N–H and O–H groups in total. The standard InChI is InChI=1S/C15H18N2O2/c18-14-5-1-3-10-6-7-11(9-12(10)14)17-15(19)13-4-2-8-16-13/h6-7,9,13,16H,1-5,8H2,(H,17,19). The largest absolute Gasteiger partial charge is 0.325 e. The third-order valence-corrected chi connectivity index (χ3v) is 3.90. The van der Waals surface area contributed by atoms with Crippen LogP contribution in [-0.4, -0.2) is 24.3 Å². The first kappa shape index (κ1) is 12.4. The van der Waals surface area contributed by atoms with Crippen molar-refractivity contribution >= 4 is 17.4 Å². The molecule has 0 radical (unpaired) electrons. The molecule has 4 nitrogen and oxygen atoms in total. The first-order valence-electron chi connectivity index (χ1n) is 6.94. The molecule has 1 unspecified atom stereocenters. The van der Waals surface area contributed by atoms with Crippen molar-refractivity contribution < 1.29 is 9.59 Å². The third kappa shape index (κ3) is 2.54. The van der Waals surface area contributed by atoms with Gasteiger partial charge in [0, 0.05) is 17.7 Å². The Morgan fingerprint density at radius 2 is 2.16 bits per heavy atom. The maximum Gasteiger partial charge on any atom is 0.241 e. The molecule has 4 heteroatoms. The van der Waals surface area contributed by atoms with Gasteiger partial charge in [-0.25, -0.2) is 0 Å². The van der Waals surface area contributed by atoms with E-state index in [2.05, 4.69) is 10.6 Å². The van der Waals surface area contributed by atoms with E-state index >= 15 is 0 Å². The Morgan fingerprint density at radius 3 is 2.95 bits per heavy atom. The Labute approximate surface area is 112 Å². The summed E-state index contributed by atoms with van der Waals surface area (Å²) in [6.45, 7) is 0.904. The van der Waals surface area contributed by atoms with Crippen molar-refractivity contribution in [1.82, 2.24) is 5.32 Å². The molecule has 1 amide bonds. The van der Waals surface area contributed by atoms with Gasteiger partial charge in [-0.1, -0.05) is 6.07 Å². The van der Waals surface area contributed by atoms with Crippen LogP contribution in [0, 0.1) is 0 Å². The van der Waals surface area contributed by atoms with Crippen molar-refractivity contribution in [3.05, 3.63) is 29.3 Å². The van der Waals surface area contributed by atoms with Crippen LogP contribution in [0.25, 0.3) is 0 Å². The van der Waals surface area contributed by atoms with Gasteiger partial charge in [0.05, 0.1) is 6.04 Å². The number of benzene rings is 1. The number of rotatable bonds is 2. The summed E-state index contributed by atoms with van der Waals surface area (Å²) in [6.07, 6.45) is 4.44. The van der Waals surface area contributed by atoms with Gasteiger partial charge in [0.25, 0.3) is 0 Å². The van der Waals surface area contributed by atoms with Gasteiger partial charge >= 0.3 is 0 Å². The van der Waals surface area contributed by atoms with Gasteiger partial charge < -0.3 is 10.6 Å². The zero-order valence-corrected chi connectivity index (χ0v) is 10.9. The number of nitrogens with one attached hydrogen (secondary N) is 2. The fourth-order valence-corrected chi connectivity index (χ4v) is 2.84. The number of fused-ring (bicyclic) bond motifs is 1. The number of ketones is 1. The minimum absolute atomic E-state index is 0.000656. The van der Waals surface area contributed by atoms with E-state index in [1.54, 1.807) is 0 Å². The highest BCUT2D eigenvalue weighted by Gasteiger charge is 2.23. The van der Waals surface area contributed by atoms with Gasteiger partial charge in [0.2, 0.25) is 5.91 Å². The van der Waals surface area contributed by atoms with Crippen LogP contribution >= 0.6 is 0 Å². The lowest BCUT2D eigenvalue weighted by atomic mass is 9.90. The lowest BCUT2D eigenvalue weighted by Crippen LogP contribution is -2.35. The predicted molar refractivity (Wildman–Crippen MR) is 73.4 cm³/mol. The Kier molecular flexibility index (Phi) is 3.34. The van der Waals surface area contributed by atoms with E-state index in [0.717, 1.165) is 49.0 Å². The summed E-state index contributed by atoms with van der Waals surface area (Å²) in [6, 6.07) is 5.59.